The molecular formula is C19H21N3O4. The van der Waals surface area contributed by atoms with E-state index in [0.29, 0.717) is 17.2 Å². The van der Waals surface area contributed by atoms with Crippen LogP contribution in [0.4, 0.5) is 0 Å². The van der Waals surface area contributed by atoms with Crippen LogP contribution in [-0.2, 0) is 0 Å². The summed E-state index contributed by atoms with van der Waals surface area (Å²) >= 11 is 0. The number of ketones is 1. The summed E-state index contributed by atoms with van der Waals surface area (Å²) in [6.07, 6.45) is 3.58. The fourth-order valence-corrected chi connectivity index (χ4v) is 3.62. The van der Waals surface area contributed by atoms with Gasteiger partial charge in [-0.2, -0.15) is 4.98 Å². The van der Waals surface area contributed by atoms with E-state index in [-0.39, 0.29) is 29.5 Å². The third-order valence-corrected chi connectivity index (χ3v) is 5.14. The van der Waals surface area contributed by atoms with Crippen molar-refractivity contribution in [3.05, 3.63) is 41.8 Å². The molecule has 136 valence electrons. The summed E-state index contributed by atoms with van der Waals surface area (Å²) in [6, 6.07) is 7.02. The Balaban J connectivity index is 1.37. The molecule has 1 atom stereocenters. The molecule has 0 radical (unpaired) electrons. The SMILES string of the molecule is CC(=O)c1coc(Oc2ccc(C(=O)N[C@H]3CN4CCC3CC4)cc2)n1. The molecule has 2 aromatic rings. The van der Waals surface area contributed by atoms with Gasteiger partial charge in [0.25, 0.3) is 5.91 Å². The molecule has 1 aromatic carbocycles. The third-order valence-electron chi connectivity index (χ3n) is 5.14. The Labute approximate surface area is 151 Å². The second-order valence-corrected chi connectivity index (χ2v) is 6.90. The van der Waals surface area contributed by atoms with Crippen LogP contribution >= 0.6 is 0 Å². The Hall–Kier alpha value is -2.67. The van der Waals surface area contributed by atoms with Crippen LogP contribution in [0.1, 0.15) is 40.6 Å². The molecule has 7 heteroatoms. The highest BCUT2D eigenvalue weighted by molar-refractivity contribution is 5.94. The standard InChI is InChI=1S/C19H21N3O4/c1-12(23)17-11-25-19(21-17)26-15-4-2-14(3-5-15)18(24)20-16-10-22-8-6-13(16)7-9-22/h2-5,11,13,16H,6-10H2,1H3,(H,20,24)/t16-/m0/s1. The largest absolute Gasteiger partial charge is 0.416 e. The Morgan fingerprint density at radius 2 is 1.96 bits per heavy atom. The van der Waals surface area contributed by atoms with Crippen LogP contribution in [0.2, 0.25) is 0 Å². The Kier molecular flexibility index (Phi) is 4.46. The summed E-state index contributed by atoms with van der Waals surface area (Å²) in [5.41, 5.74) is 0.805. The Bertz CT molecular complexity index is 806. The molecule has 4 heterocycles. The lowest BCUT2D eigenvalue weighted by molar-refractivity contribution is 0.0620. The van der Waals surface area contributed by atoms with Crippen LogP contribution in [-0.4, -0.2) is 47.3 Å². The molecule has 0 aliphatic carbocycles. The Morgan fingerprint density at radius 1 is 1.23 bits per heavy atom. The topological polar surface area (TPSA) is 84.7 Å². The molecule has 7 nitrogen and oxygen atoms in total. The zero-order chi connectivity index (χ0) is 18.1. The van der Waals surface area contributed by atoms with Gasteiger partial charge < -0.3 is 19.4 Å². The molecule has 0 saturated carbocycles. The number of carbonyl (C=O) groups is 2. The number of fused-ring (bicyclic) bond motifs is 3. The van der Waals surface area contributed by atoms with Crippen molar-refractivity contribution in [3.63, 3.8) is 0 Å². The van der Waals surface area contributed by atoms with Gasteiger partial charge in [-0.05, 0) is 56.1 Å². The summed E-state index contributed by atoms with van der Waals surface area (Å²) in [4.78, 5) is 30.1. The number of nitrogens with zero attached hydrogens (tertiary/aromatic N) is 2. The van der Waals surface area contributed by atoms with E-state index >= 15 is 0 Å². The molecule has 3 aliphatic heterocycles. The minimum absolute atomic E-state index is 0.000294. The molecular weight excluding hydrogens is 334 g/mol. The predicted octanol–water partition coefficient (Wildman–Crippen LogP) is 2.49. The van der Waals surface area contributed by atoms with E-state index < -0.39 is 0 Å². The number of piperidine rings is 3. The molecule has 1 amide bonds. The van der Waals surface area contributed by atoms with Crippen molar-refractivity contribution in [2.75, 3.05) is 19.6 Å². The lowest BCUT2D eigenvalue weighted by atomic mass is 9.84. The molecule has 0 unspecified atom stereocenters. The number of hydrogen-bond acceptors (Lipinski definition) is 6. The van der Waals surface area contributed by atoms with Crippen molar-refractivity contribution < 1.29 is 18.7 Å². The summed E-state index contributed by atoms with van der Waals surface area (Å²) in [7, 11) is 0. The number of benzene rings is 1. The van der Waals surface area contributed by atoms with E-state index in [1.54, 1.807) is 24.3 Å². The fraction of sp³-hybridized carbons (Fsp3) is 0.421. The summed E-state index contributed by atoms with van der Waals surface area (Å²) in [6.45, 7) is 4.65. The van der Waals surface area contributed by atoms with Crippen molar-refractivity contribution in [1.82, 2.24) is 15.2 Å². The average molecular weight is 355 g/mol. The van der Waals surface area contributed by atoms with Crippen molar-refractivity contribution in [1.29, 1.82) is 0 Å². The van der Waals surface area contributed by atoms with Crippen molar-refractivity contribution >= 4 is 11.7 Å². The highest BCUT2D eigenvalue weighted by atomic mass is 16.6. The maximum atomic E-state index is 12.5. The highest BCUT2D eigenvalue weighted by Gasteiger charge is 2.34. The number of carbonyl (C=O) groups excluding carboxylic acids is 2. The van der Waals surface area contributed by atoms with Crippen LogP contribution < -0.4 is 10.1 Å². The first-order valence-corrected chi connectivity index (χ1v) is 8.86. The van der Waals surface area contributed by atoms with Crippen LogP contribution in [0.3, 0.4) is 0 Å². The second-order valence-electron chi connectivity index (χ2n) is 6.90. The smallest absolute Gasteiger partial charge is 0.399 e. The lowest BCUT2D eigenvalue weighted by Gasteiger charge is -2.44. The summed E-state index contributed by atoms with van der Waals surface area (Å²) < 4.78 is 10.6. The number of nitrogens with one attached hydrogen (secondary N) is 1. The molecule has 1 aromatic heterocycles. The quantitative estimate of drug-likeness (QED) is 0.830. The molecule has 3 saturated heterocycles. The Morgan fingerprint density at radius 3 is 2.54 bits per heavy atom. The first-order valence-electron chi connectivity index (χ1n) is 8.86. The number of aromatic nitrogens is 1. The summed E-state index contributed by atoms with van der Waals surface area (Å²) in [5, 5.41) is 3.16. The maximum Gasteiger partial charge on any atom is 0.399 e. The minimum Gasteiger partial charge on any atom is -0.416 e. The van der Waals surface area contributed by atoms with Gasteiger partial charge in [-0.3, -0.25) is 9.59 Å². The van der Waals surface area contributed by atoms with Gasteiger partial charge in [-0.1, -0.05) is 0 Å². The van der Waals surface area contributed by atoms with Crippen molar-refractivity contribution in [2.24, 2.45) is 5.92 Å². The monoisotopic (exact) mass is 355 g/mol. The van der Waals surface area contributed by atoms with E-state index in [1.807, 2.05) is 0 Å². The van der Waals surface area contributed by atoms with Crippen molar-refractivity contribution in [2.45, 2.75) is 25.8 Å². The van der Waals surface area contributed by atoms with Crippen LogP contribution in [0.25, 0.3) is 0 Å². The molecule has 26 heavy (non-hydrogen) atoms. The minimum atomic E-state index is -0.191. The zero-order valence-electron chi connectivity index (χ0n) is 14.6. The average Bonchev–Trinajstić information content (AvgIpc) is 3.12. The van der Waals surface area contributed by atoms with E-state index in [4.69, 9.17) is 9.15 Å². The first kappa shape index (κ1) is 16.8. The number of rotatable bonds is 5. The lowest BCUT2D eigenvalue weighted by Crippen LogP contribution is -2.57. The number of hydrogen-bond donors (Lipinski definition) is 1. The van der Waals surface area contributed by atoms with Gasteiger partial charge in [0, 0.05) is 25.1 Å². The molecule has 3 fully saturated rings. The molecule has 5 rings (SSSR count). The normalized spacial score (nSPS) is 24.3. The maximum absolute atomic E-state index is 12.5. The highest BCUT2D eigenvalue weighted by Crippen LogP contribution is 2.28. The van der Waals surface area contributed by atoms with Crippen LogP contribution in [0, 0.1) is 5.92 Å². The van der Waals surface area contributed by atoms with Gasteiger partial charge in [0.05, 0.1) is 0 Å². The second kappa shape index (κ2) is 6.92. The van der Waals surface area contributed by atoms with E-state index in [1.165, 1.54) is 13.2 Å². The first-order chi connectivity index (χ1) is 12.6. The van der Waals surface area contributed by atoms with Gasteiger partial charge in [-0.25, -0.2) is 0 Å². The number of oxazole rings is 1. The van der Waals surface area contributed by atoms with Crippen molar-refractivity contribution in [3.8, 4) is 11.8 Å². The zero-order valence-corrected chi connectivity index (χ0v) is 14.6. The summed E-state index contributed by atoms with van der Waals surface area (Å²) in [5.74, 6) is 0.821. The van der Waals surface area contributed by atoms with E-state index in [9.17, 15) is 9.59 Å². The predicted molar refractivity (Wildman–Crippen MR) is 93.4 cm³/mol. The fourth-order valence-electron chi connectivity index (χ4n) is 3.62. The van der Waals surface area contributed by atoms with Gasteiger partial charge in [0.2, 0.25) is 0 Å². The van der Waals surface area contributed by atoms with Gasteiger partial charge in [-0.15, -0.1) is 0 Å². The molecule has 2 bridgehead atoms. The van der Waals surface area contributed by atoms with E-state index in [2.05, 4.69) is 15.2 Å². The third kappa shape index (κ3) is 3.48. The molecule has 3 aliphatic rings. The van der Waals surface area contributed by atoms with Gasteiger partial charge in [0.15, 0.2) is 5.78 Å². The number of Topliss-reactive ketones (excluding diaryl/α,β-unsaturated/α-hetero) is 1. The molecule has 1 N–H and O–H groups in total. The van der Waals surface area contributed by atoms with Crippen LogP contribution in [0.15, 0.2) is 34.9 Å². The number of amides is 1. The van der Waals surface area contributed by atoms with E-state index in [0.717, 1.165) is 32.5 Å². The van der Waals surface area contributed by atoms with Gasteiger partial charge >= 0.3 is 6.08 Å². The number of ether oxygens (including phenoxy) is 1. The van der Waals surface area contributed by atoms with Gasteiger partial charge in [0.1, 0.15) is 17.7 Å². The molecule has 0 spiro atoms. The van der Waals surface area contributed by atoms with Crippen LogP contribution in [0.5, 0.6) is 11.8 Å².